The van der Waals surface area contributed by atoms with Crippen molar-refractivity contribution in [2.45, 2.75) is 32.7 Å². The molecule has 5 nitrogen and oxygen atoms in total. The van der Waals surface area contributed by atoms with Crippen molar-refractivity contribution < 1.29 is 4.79 Å². The molecule has 0 unspecified atom stereocenters. The van der Waals surface area contributed by atoms with Gasteiger partial charge in [-0.15, -0.1) is 0 Å². The minimum Gasteiger partial charge on any atom is -0.337 e. The zero-order chi connectivity index (χ0) is 15.4. The topological polar surface area (TPSA) is 56.4 Å². The number of amides is 1. The van der Waals surface area contributed by atoms with Crippen molar-refractivity contribution in [2.75, 3.05) is 26.7 Å². The zero-order valence-electron chi connectivity index (χ0n) is 13.1. The molecule has 1 aromatic heterocycles. The average Bonchev–Trinajstić information content (AvgIpc) is 2.47. The van der Waals surface area contributed by atoms with Gasteiger partial charge in [-0.1, -0.05) is 6.07 Å². The number of nitrogens with zero attached hydrogens (tertiary/aromatic N) is 2. The second-order valence-corrected chi connectivity index (χ2v) is 6.20. The molecule has 2 rings (SSSR count). The van der Waals surface area contributed by atoms with Gasteiger partial charge in [0.15, 0.2) is 0 Å². The first-order valence-corrected chi connectivity index (χ1v) is 7.66. The van der Waals surface area contributed by atoms with Gasteiger partial charge in [0.2, 0.25) is 5.56 Å². The van der Waals surface area contributed by atoms with Crippen LogP contribution in [0.1, 0.15) is 37.2 Å². The van der Waals surface area contributed by atoms with Crippen LogP contribution in [0.25, 0.3) is 0 Å². The summed E-state index contributed by atoms with van der Waals surface area (Å²) in [5.41, 5.74) is 0.162. The Morgan fingerprint density at radius 3 is 2.62 bits per heavy atom. The second-order valence-electron chi connectivity index (χ2n) is 6.20. The highest BCUT2D eigenvalue weighted by Gasteiger charge is 2.25. The highest BCUT2D eigenvalue weighted by atomic mass is 16.2. The van der Waals surface area contributed by atoms with Crippen molar-refractivity contribution in [3.63, 3.8) is 0 Å². The van der Waals surface area contributed by atoms with E-state index in [2.05, 4.69) is 30.8 Å². The monoisotopic (exact) mass is 291 g/mol. The summed E-state index contributed by atoms with van der Waals surface area (Å²) in [4.78, 5) is 30.4. The number of hydrogen-bond donors (Lipinski definition) is 1. The molecule has 21 heavy (non-hydrogen) atoms. The molecule has 116 valence electrons. The second kappa shape index (κ2) is 6.89. The van der Waals surface area contributed by atoms with E-state index < -0.39 is 0 Å². The van der Waals surface area contributed by atoms with Crippen molar-refractivity contribution >= 4 is 5.91 Å². The molecule has 1 saturated heterocycles. The maximum atomic E-state index is 12.3. The molecule has 2 heterocycles. The maximum absolute atomic E-state index is 12.3. The zero-order valence-corrected chi connectivity index (χ0v) is 13.1. The molecule has 1 amide bonds. The van der Waals surface area contributed by atoms with Gasteiger partial charge in [0.05, 0.1) is 0 Å². The van der Waals surface area contributed by atoms with Crippen molar-refractivity contribution in [3.05, 3.63) is 34.2 Å². The molecule has 0 spiro atoms. The van der Waals surface area contributed by atoms with Crippen LogP contribution in [-0.4, -0.2) is 53.4 Å². The fourth-order valence-corrected chi connectivity index (χ4v) is 2.68. The van der Waals surface area contributed by atoms with Crippen molar-refractivity contribution in [1.82, 2.24) is 14.8 Å². The fourth-order valence-electron chi connectivity index (χ4n) is 2.68. The van der Waals surface area contributed by atoms with Gasteiger partial charge < -0.3 is 14.8 Å². The number of rotatable bonds is 4. The van der Waals surface area contributed by atoms with Gasteiger partial charge >= 0.3 is 0 Å². The summed E-state index contributed by atoms with van der Waals surface area (Å²) < 4.78 is 0. The highest BCUT2D eigenvalue weighted by Crippen LogP contribution is 2.19. The van der Waals surface area contributed by atoms with E-state index in [4.69, 9.17) is 0 Å². The van der Waals surface area contributed by atoms with Crippen molar-refractivity contribution in [1.29, 1.82) is 0 Å². The number of hydrogen-bond acceptors (Lipinski definition) is 3. The van der Waals surface area contributed by atoms with Gasteiger partial charge in [0, 0.05) is 31.7 Å². The van der Waals surface area contributed by atoms with E-state index in [9.17, 15) is 9.59 Å². The average molecular weight is 291 g/mol. The molecule has 0 atom stereocenters. The molecule has 0 aliphatic carbocycles. The number of carbonyl (C=O) groups is 1. The first kappa shape index (κ1) is 15.8. The third-order valence-corrected chi connectivity index (χ3v) is 4.33. The lowest BCUT2D eigenvalue weighted by Crippen LogP contribution is -2.42. The largest absolute Gasteiger partial charge is 0.337 e. The maximum Gasteiger partial charge on any atom is 0.270 e. The van der Waals surface area contributed by atoms with Gasteiger partial charge in [0.1, 0.15) is 5.69 Å². The Bertz CT molecular complexity index is 530. The van der Waals surface area contributed by atoms with E-state index in [1.54, 1.807) is 12.1 Å². The first-order chi connectivity index (χ1) is 9.97. The summed E-state index contributed by atoms with van der Waals surface area (Å²) in [5, 5.41) is 0. The number of H-pyrrole nitrogens is 1. The minimum atomic E-state index is -0.228. The molecule has 1 aliphatic heterocycles. The number of aromatic nitrogens is 1. The third kappa shape index (κ3) is 4.17. The lowest BCUT2D eigenvalue weighted by atomic mass is 9.95. The Morgan fingerprint density at radius 2 is 2.05 bits per heavy atom. The summed E-state index contributed by atoms with van der Waals surface area (Å²) in [6.45, 7) is 7.02. The van der Waals surface area contributed by atoms with E-state index in [-0.39, 0.29) is 11.5 Å². The van der Waals surface area contributed by atoms with Gasteiger partial charge in [0.25, 0.3) is 5.91 Å². The molecule has 0 aromatic carbocycles. The molecule has 0 radical (unpaired) electrons. The van der Waals surface area contributed by atoms with Gasteiger partial charge in [-0.25, -0.2) is 0 Å². The Morgan fingerprint density at radius 1 is 1.38 bits per heavy atom. The van der Waals surface area contributed by atoms with Crippen LogP contribution in [0.5, 0.6) is 0 Å². The predicted octanol–water partition coefficient (Wildman–Crippen LogP) is 1.57. The van der Waals surface area contributed by atoms with Crippen LogP contribution in [0.15, 0.2) is 23.0 Å². The lowest BCUT2D eigenvalue weighted by Gasteiger charge is -2.34. The smallest absolute Gasteiger partial charge is 0.270 e. The van der Waals surface area contributed by atoms with Crippen LogP contribution in [0, 0.1) is 5.92 Å². The molecule has 1 aliphatic rings. The summed E-state index contributed by atoms with van der Waals surface area (Å²) in [7, 11) is 2.15. The molecule has 1 aromatic rings. The molecular formula is C16H25N3O2. The van der Waals surface area contributed by atoms with E-state index in [0.29, 0.717) is 17.7 Å². The normalized spacial score (nSPS) is 16.7. The molecule has 1 N–H and O–H groups in total. The summed E-state index contributed by atoms with van der Waals surface area (Å²) in [6.07, 6.45) is 2.06. The van der Waals surface area contributed by atoms with Crippen LogP contribution in [-0.2, 0) is 0 Å². The van der Waals surface area contributed by atoms with Crippen molar-refractivity contribution in [3.8, 4) is 0 Å². The summed E-state index contributed by atoms with van der Waals surface area (Å²) in [6, 6.07) is 5.27. The number of carbonyl (C=O) groups excluding carboxylic acids is 1. The Kier molecular flexibility index (Phi) is 5.17. The first-order valence-electron chi connectivity index (χ1n) is 7.66. The summed E-state index contributed by atoms with van der Waals surface area (Å²) in [5.74, 6) is 0.583. The van der Waals surface area contributed by atoms with Crippen molar-refractivity contribution in [2.24, 2.45) is 5.92 Å². The van der Waals surface area contributed by atoms with Crippen LogP contribution in [0.4, 0.5) is 0 Å². The summed E-state index contributed by atoms with van der Waals surface area (Å²) >= 11 is 0. The van der Waals surface area contributed by atoms with Crippen LogP contribution >= 0.6 is 0 Å². The highest BCUT2D eigenvalue weighted by molar-refractivity contribution is 5.92. The van der Waals surface area contributed by atoms with Crippen LogP contribution in [0.3, 0.4) is 0 Å². The van der Waals surface area contributed by atoms with E-state index in [1.165, 1.54) is 6.07 Å². The Balaban J connectivity index is 1.89. The van der Waals surface area contributed by atoms with Gasteiger partial charge in [-0.3, -0.25) is 9.59 Å². The Labute approximate surface area is 126 Å². The van der Waals surface area contributed by atoms with Gasteiger partial charge in [-0.05, 0) is 45.7 Å². The third-order valence-electron chi connectivity index (χ3n) is 4.33. The number of nitrogens with one attached hydrogen (secondary N) is 1. The van der Waals surface area contributed by atoms with E-state index >= 15 is 0 Å². The fraction of sp³-hybridized carbons (Fsp3) is 0.625. The SMILES string of the molecule is CC(C)N(C)CC1CCN(C(=O)c2cccc(=O)[nH]2)CC1. The van der Waals surface area contributed by atoms with E-state index in [0.717, 1.165) is 32.5 Å². The molecule has 1 fully saturated rings. The number of aromatic amines is 1. The molecular weight excluding hydrogens is 266 g/mol. The standard InChI is InChI=1S/C16H25N3O2/c1-12(2)18(3)11-13-7-9-19(10-8-13)16(21)14-5-4-6-15(20)17-14/h4-6,12-13H,7-11H2,1-3H3,(H,17,20). The number of piperidine rings is 1. The van der Waals surface area contributed by atoms with E-state index in [1.807, 2.05) is 4.90 Å². The molecule has 5 heteroatoms. The van der Waals surface area contributed by atoms with Crippen LogP contribution in [0.2, 0.25) is 0 Å². The van der Waals surface area contributed by atoms with Gasteiger partial charge in [-0.2, -0.15) is 0 Å². The lowest BCUT2D eigenvalue weighted by molar-refractivity contribution is 0.0660. The molecule has 0 bridgehead atoms. The number of pyridine rings is 1. The minimum absolute atomic E-state index is 0.0663. The quantitative estimate of drug-likeness (QED) is 0.916. The number of likely N-dealkylation sites (tertiary alicyclic amines) is 1. The Hall–Kier alpha value is -1.62. The van der Waals surface area contributed by atoms with Crippen LogP contribution < -0.4 is 5.56 Å². The molecule has 0 saturated carbocycles. The predicted molar refractivity (Wildman–Crippen MR) is 83.5 cm³/mol.